The van der Waals surface area contributed by atoms with E-state index in [-0.39, 0.29) is 13.0 Å². The average molecular weight is 899 g/mol. The van der Waals surface area contributed by atoms with Crippen molar-refractivity contribution in [3.8, 4) is 0 Å². The molecule has 1 aliphatic carbocycles. The number of phosphoric ester groups is 1. The Morgan fingerprint density at radius 1 is 0.532 bits per heavy atom. The Bertz CT molecular complexity index is 1250. The number of carbonyl (C=O) groups excluding carboxylic acids is 1. The molecule has 1 aliphatic rings. The van der Waals surface area contributed by atoms with Gasteiger partial charge in [0, 0.05) is 13.0 Å². The zero-order valence-corrected chi connectivity index (χ0v) is 39.3. The Morgan fingerprint density at radius 3 is 1.44 bits per heavy atom. The van der Waals surface area contributed by atoms with Crippen molar-refractivity contribution in [1.29, 1.82) is 0 Å². The molecule has 62 heavy (non-hydrogen) atoms. The number of allylic oxidation sites excluding steroid dienone is 10. The van der Waals surface area contributed by atoms with Crippen LogP contribution in [0.4, 0.5) is 0 Å². The van der Waals surface area contributed by atoms with E-state index in [2.05, 4.69) is 74.6 Å². The first-order valence-electron chi connectivity index (χ1n) is 24.1. The summed E-state index contributed by atoms with van der Waals surface area (Å²) in [5.41, 5.74) is 0. The minimum atomic E-state index is -5.03. The first-order chi connectivity index (χ1) is 30.0. The number of unbranched alkanes of at least 4 members (excludes halogenated alkanes) is 18. The molecule has 0 heterocycles. The van der Waals surface area contributed by atoms with Gasteiger partial charge in [0.05, 0.1) is 13.2 Å². The second kappa shape index (κ2) is 39.4. The van der Waals surface area contributed by atoms with E-state index in [1.807, 2.05) is 0 Å². The van der Waals surface area contributed by atoms with Crippen LogP contribution in [0.25, 0.3) is 0 Å². The van der Waals surface area contributed by atoms with Crippen molar-refractivity contribution < 1.29 is 58.3 Å². The number of hydrogen-bond donors (Lipinski definition) is 6. The lowest BCUT2D eigenvalue weighted by atomic mass is 9.85. The van der Waals surface area contributed by atoms with E-state index in [4.69, 9.17) is 18.5 Å². The molecule has 0 radical (unpaired) electrons. The van der Waals surface area contributed by atoms with Gasteiger partial charge in [0.2, 0.25) is 0 Å². The van der Waals surface area contributed by atoms with Crippen LogP contribution in [-0.2, 0) is 27.9 Å². The molecule has 1 saturated carbocycles. The summed E-state index contributed by atoms with van der Waals surface area (Å²) in [5, 5.41) is 50.2. The maximum atomic E-state index is 12.8. The highest BCUT2D eigenvalue weighted by Crippen LogP contribution is 2.47. The van der Waals surface area contributed by atoms with Crippen LogP contribution in [0.1, 0.15) is 181 Å². The molecule has 13 heteroatoms. The molecule has 6 atom stereocenters. The summed E-state index contributed by atoms with van der Waals surface area (Å²) in [7, 11) is -5.03. The number of aliphatic hydroxyl groups excluding tert-OH is 5. The summed E-state index contributed by atoms with van der Waals surface area (Å²) >= 11 is 0. The Labute approximate surface area is 375 Å². The predicted octanol–water partition coefficient (Wildman–Crippen LogP) is 10.2. The third-order valence-corrected chi connectivity index (χ3v) is 11.9. The fourth-order valence-electron chi connectivity index (χ4n) is 7.09. The zero-order valence-electron chi connectivity index (χ0n) is 38.4. The Hall–Kier alpha value is -1.96. The third kappa shape index (κ3) is 31.0. The molecular formula is C49H87O12P. The molecule has 6 N–H and O–H groups in total. The van der Waals surface area contributed by atoms with Crippen LogP contribution < -0.4 is 0 Å². The van der Waals surface area contributed by atoms with Gasteiger partial charge in [-0.05, 0) is 57.8 Å². The van der Waals surface area contributed by atoms with E-state index < -0.39 is 63.1 Å². The molecule has 0 aromatic rings. The van der Waals surface area contributed by atoms with Crippen molar-refractivity contribution in [1.82, 2.24) is 0 Å². The van der Waals surface area contributed by atoms with Gasteiger partial charge < -0.3 is 39.9 Å². The van der Waals surface area contributed by atoms with Crippen LogP contribution in [0.2, 0.25) is 0 Å². The lowest BCUT2D eigenvalue weighted by Gasteiger charge is -2.41. The van der Waals surface area contributed by atoms with Crippen LogP contribution in [-0.4, -0.2) is 98.9 Å². The molecule has 1 fully saturated rings. The number of ether oxygens (including phenoxy) is 2. The molecule has 0 bridgehead atoms. The molecule has 0 aromatic carbocycles. The lowest BCUT2D eigenvalue weighted by molar-refractivity contribution is -0.220. The molecular weight excluding hydrogens is 812 g/mol. The van der Waals surface area contributed by atoms with Crippen LogP contribution >= 0.6 is 7.82 Å². The van der Waals surface area contributed by atoms with Gasteiger partial charge in [-0.15, -0.1) is 0 Å². The van der Waals surface area contributed by atoms with E-state index in [1.54, 1.807) is 0 Å². The summed E-state index contributed by atoms with van der Waals surface area (Å²) < 4.78 is 34.2. The van der Waals surface area contributed by atoms with Gasteiger partial charge in [-0.1, -0.05) is 177 Å². The van der Waals surface area contributed by atoms with Gasteiger partial charge in [-0.3, -0.25) is 13.8 Å². The first-order valence-corrected chi connectivity index (χ1v) is 25.6. The van der Waals surface area contributed by atoms with E-state index >= 15 is 0 Å². The summed E-state index contributed by atoms with van der Waals surface area (Å²) in [6, 6.07) is 0. The first kappa shape index (κ1) is 58.1. The van der Waals surface area contributed by atoms with E-state index in [1.165, 1.54) is 83.5 Å². The fraction of sp³-hybridized carbons (Fsp3) is 0.776. The molecule has 0 aliphatic heterocycles. The van der Waals surface area contributed by atoms with Gasteiger partial charge in [0.15, 0.2) is 0 Å². The second-order valence-corrected chi connectivity index (χ2v) is 18.0. The summed E-state index contributed by atoms with van der Waals surface area (Å²) in [4.78, 5) is 23.2. The average Bonchev–Trinajstić information content (AvgIpc) is 3.26. The van der Waals surface area contributed by atoms with Gasteiger partial charge in [0.25, 0.3) is 0 Å². The normalized spacial score (nSPS) is 22.5. The molecule has 360 valence electrons. The van der Waals surface area contributed by atoms with Crippen molar-refractivity contribution in [2.24, 2.45) is 0 Å². The molecule has 0 aromatic heterocycles. The smallest absolute Gasteiger partial charge is 0.457 e. The molecule has 0 saturated heterocycles. The minimum absolute atomic E-state index is 0.0904. The molecule has 12 nitrogen and oxygen atoms in total. The van der Waals surface area contributed by atoms with Crippen LogP contribution in [0.15, 0.2) is 60.8 Å². The Kier molecular flexibility index (Phi) is 36.9. The zero-order chi connectivity index (χ0) is 45.5. The number of carbonyl (C=O) groups is 1. The monoisotopic (exact) mass is 899 g/mol. The highest BCUT2D eigenvalue weighted by Gasteiger charge is 2.51. The van der Waals surface area contributed by atoms with Crippen molar-refractivity contribution in [3.63, 3.8) is 0 Å². The summed E-state index contributed by atoms with van der Waals surface area (Å²) in [5.74, 6) is -0.508. The van der Waals surface area contributed by atoms with Crippen molar-refractivity contribution >= 4 is 13.8 Å². The number of hydrogen-bond acceptors (Lipinski definition) is 11. The molecule has 0 spiro atoms. The fourth-order valence-corrected chi connectivity index (χ4v) is 8.06. The number of rotatable bonds is 40. The quantitative estimate of drug-likeness (QED) is 0.0148. The number of phosphoric acid groups is 1. The summed E-state index contributed by atoms with van der Waals surface area (Å²) in [6.45, 7) is 4.12. The van der Waals surface area contributed by atoms with Crippen LogP contribution in [0, 0.1) is 0 Å². The number of aliphatic hydroxyl groups is 5. The molecule has 6 unspecified atom stereocenters. The Balaban J connectivity index is 2.41. The molecule has 0 amide bonds. The van der Waals surface area contributed by atoms with E-state index in [0.29, 0.717) is 13.0 Å². The number of esters is 1. The van der Waals surface area contributed by atoms with Crippen LogP contribution in [0.5, 0.6) is 0 Å². The maximum absolute atomic E-state index is 12.8. The van der Waals surface area contributed by atoms with Gasteiger partial charge >= 0.3 is 13.8 Å². The largest absolute Gasteiger partial charge is 0.472 e. The van der Waals surface area contributed by atoms with Crippen molar-refractivity contribution in [2.75, 3.05) is 19.8 Å². The summed E-state index contributed by atoms with van der Waals surface area (Å²) in [6.07, 6.45) is 37.1. The SMILES string of the molecule is CC/C=C\C/C=C\C/C=C\C/C=C\C/C=C\CCCCCC(=O)OC(COCCCCCCCCCCCCCCCCCC)COP(=O)(O)OC1C(O)C(O)C(O)C(O)C1O. The van der Waals surface area contributed by atoms with Gasteiger partial charge in [-0.25, -0.2) is 4.57 Å². The van der Waals surface area contributed by atoms with Gasteiger partial charge in [0.1, 0.15) is 42.7 Å². The maximum Gasteiger partial charge on any atom is 0.472 e. The molecule has 1 rings (SSSR count). The topological polar surface area (TPSA) is 192 Å². The lowest BCUT2D eigenvalue weighted by Crippen LogP contribution is -2.64. The van der Waals surface area contributed by atoms with Crippen molar-refractivity contribution in [3.05, 3.63) is 60.8 Å². The highest BCUT2D eigenvalue weighted by atomic mass is 31.2. The van der Waals surface area contributed by atoms with E-state index in [9.17, 15) is 39.8 Å². The van der Waals surface area contributed by atoms with Crippen molar-refractivity contribution in [2.45, 2.75) is 224 Å². The third-order valence-electron chi connectivity index (χ3n) is 10.9. The Morgan fingerprint density at radius 2 is 0.952 bits per heavy atom. The second-order valence-electron chi connectivity index (χ2n) is 16.6. The van der Waals surface area contributed by atoms with Crippen LogP contribution in [0.3, 0.4) is 0 Å². The van der Waals surface area contributed by atoms with E-state index in [0.717, 1.165) is 70.6 Å². The standard InChI is InChI=1S/C49H87O12P/c1-3-5-7-9-11-13-15-17-19-21-22-23-24-26-28-30-32-34-36-38-43(50)60-42(41-59-62(56,57)61-49-47(54)45(52)44(51)46(53)48(49)55)40-58-39-37-35-33-31-29-27-25-20-18-16-14-12-10-8-6-4-2/h5,7,11,13,17,19,22-23,26,28,42,44-49,51-55H,3-4,6,8-10,12,14-16,18,20-21,24-25,27,29-41H2,1-2H3,(H,56,57)/b7-5-,13-11-,19-17-,23-22-,28-26-. The highest BCUT2D eigenvalue weighted by molar-refractivity contribution is 7.47. The minimum Gasteiger partial charge on any atom is -0.457 e. The predicted molar refractivity (Wildman–Crippen MR) is 248 cm³/mol. The van der Waals surface area contributed by atoms with Gasteiger partial charge in [-0.2, -0.15) is 0 Å².